The zero-order valence-electron chi connectivity index (χ0n) is 12.2. The lowest BCUT2D eigenvalue weighted by Crippen LogP contribution is -2.19. The van der Waals surface area contributed by atoms with Crippen LogP contribution in [0.5, 0.6) is 0 Å². The summed E-state index contributed by atoms with van der Waals surface area (Å²) in [5, 5.41) is 6.02. The zero-order chi connectivity index (χ0) is 16.8. The second kappa shape index (κ2) is 7.85. The SMILES string of the molecule is CCOC(=O)c1cccc(NC(=O)Nc2ccc(Cl)cc2Cl)c1. The lowest BCUT2D eigenvalue weighted by Gasteiger charge is -2.10. The van der Waals surface area contributed by atoms with Crippen molar-refractivity contribution in [3.8, 4) is 0 Å². The van der Waals surface area contributed by atoms with Crippen LogP contribution in [0.2, 0.25) is 10.0 Å². The standard InChI is InChI=1S/C16H14Cl2N2O3/c1-2-23-15(21)10-4-3-5-12(8-10)19-16(22)20-14-7-6-11(17)9-13(14)18/h3-9H,2H2,1H3,(H2,19,20,22). The van der Waals surface area contributed by atoms with Gasteiger partial charge in [-0.05, 0) is 43.3 Å². The lowest BCUT2D eigenvalue weighted by atomic mass is 10.2. The van der Waals surface area contributed by atoms with Crippen LogP contribution in [-0.2, 0) is 4.74 Å². The van der Waals surface area contributed by atoms with Crippen molar-refractivity contribution in [1.82, 2.24) is 0 Å². The minimum Gasteiger partial charge on any atom is -0.462 e. The number of esters is 1. The van der Waals surface area contributed by atoms with Gasteiger partial charge in [0.15, 0.2) is 0 Å². The molecule has 23 heavy (non-hydrogen) atoms. The highest BCUT2D eigenvalue weighted by molar-refractivity contribution is 6.36. The van der Waals surface area contributed by atoms with Crippen molar-refractivity contribution in [2.75, 3.05) is 17.2 Å². The number of carbonyl (C=O) groups excluding carboxylic acids is 2. The van der Waals surface area contributed by atoms with Crippen molar-refractivity contribution in [1.29, 1.82) is 0 Å². The number of carbonyl (C=O) groups is 2. The van der Waals surface area contributed by atoms with Crippen molar-refractivity contribution >= 4 is 46.6 Å². The number of amides is 2. The molecule has 0 aromatic heterocycles. The van der Waals surface area contributed by atoms with Gasteiger partial charge in [-0.25, -0.2) is 9.59 Å². The molecule has 7 heteroatoms. The molecule has 2 aromatic rings. The first kappa shape index (κ1) is 17.1. The number of hydrogen-bond donors (Lipinski definition) is 2. The topological polar surface area (TPSA) is 67.4 Å². The second-order valence-corrected chi connectivity index (χ2v) is 5.35. The number of anilines is 2. The Morgan fingerprint density at radius 2 is 1.87 bits per heavy atom. The van der Waals surface area contributed by atoms with E-state index in [2.05, 4.69) is 10.6 Å². The summed E-state index contributed by atoms with van der Waals surface area (Å²) in [6.07, 6.45) is 0. The largest absolute Gasteiger partial charge is 0.462 e. The molecular weight excluding hydrogens is 339 g/mol. The maximum atomic E-state index is 12.0. The van der Waals surface area contributed by atoms with E-state index in [1.54, 1.807) is 37.3 Å². The number of rotatable bonds is 4. The Hall–Kier alpha value is -2.24. The van der Waals surface area contributed by atoms with Gasteiger partial charge in [0, 0.05) is 10.7 Å². The number of benzene rings is 2. The summed E-state index contributed by atoms with van der Waals surface area (Å²) >= 11 is 11.8. The lowest BCUT2D eigenvalue weighted by molar-refractivity contribution is 0.0526. The molecule has 0 saturated heterocycles. The monoisotopic (exact) mass is 352 g/mol. The predicted octanol–water partition coefficient (Wildman–Crippen LogP) is 4.81. The third kappa shape index (κ3) is 4.87. The van der Waals surface area contributed by atoms with E-state index < -0.39 is 12.0 Å². The summed E-state index contributed by atoms with van der Waals surface area (Å²) in [5.41, 5.74) is 1.24. The maximum absolute atomic E-state index is 12.0. The fourth-order valence-corrected chi connectivity index (χ4v) is 2.27. The first-order valence-corrected chi connectivity index (χ1v) is 7.55. The Kier molecular flexibility index (Phi) is 5.84. The van der Waals surface area contributed by atoms with E-state index in [-0.39, 0.29) is 6.61 Å². The number of halogens is 2. The Balaban J connectivity index is 2.05. The van der Waals surface area contributed by atoms with Gasteiger partial charge in [0.25, 0.3) is 0 Å². The predicted molar refractivity (Wildman–Crippen MR) is 91.5 cm³/mol. The highest BCUT2D eigenvalue weighted by Crippen LogP contribution is 2.25. The molecule has 5 nitrogen and oxygen atoms in total. The molecule has 0 radical (unpaired) electrons. The van der Waals surface area contributed by atoms with Crippen LogP contribution in [0.25, 0.3) is 0 Å². The summed E-state index contributed by atoms with van der Waals surface area (Å²) in [4.78, 5) is 23.7. The van der Waals surface area contributed by atoms with E-state index in [9.17, 15) is 9.59 Å². The molecule has 0 fully saturated rings. The van der Waals surface area contributed by atoms with Gasteiger partial charge in [-0.15, -0.1) is 0 Å². The Labute approximate surface area is 143 Å². The molecule has 0 heterocycles. The molecular formula is C16H14Cl2N2O3. The van der Waals surface area contributed by atoms with Gasteiger partial charge in [0.05, 0.1) is 22.9 Å². The van der Waals surface area contributed by atoms with E-state index in [1.807, 2.05) is 0 Å². The number of hydrogen-bond acceptors (Lipinski definition) is 3. The first-order chi connectivity index (χ1) is 11.0. The van der Waals surface area contributed by atoms with E-state index >= 15 is 0 Å². The third-order valence-corrected chi connectivity index (χ3v) is 3.36. The van der Waals surface area contributed by atoms with Crippen LogP contribution >= 0.6 is 23.2 Å². The summed E-state index contributed by atoms with van der Waals surface area (Å²) in [7, 11) is 0. The van der Waals surface area contributed by atoms with Crippen LogP contribution in [0.3, 0.4) is 0 Å². The van der Waals surface area contributed by atoms with Crippen LogP contribution in [0, 0.1) is 0 Å². The maximum Gasteiger partial charge on any atom is 0.338 e. The molecule has 2 rings (SSSR count). The van der Waals surface area contributed by atoms with Crippen LogP contribution in [0.1, 0.15) is 17.3 Å². The summed E-state index contributed by atoms with van der Waals surface area (Å²) < 4.78 is 4.91. The molecule has 0 aliphatic rings. The van der Waals surface area contributed by atoms with Crippen LogP contribution in [0.4, 0.5) is 16.2 Å². The minimum absolute atomic E-state index is 0.284. The van der Waals surface area contributed by atoms with Crippen LogP contribution in [-0.4, -0.2) is 18.6 Å². The van der Waals surface area contributed by atoms with Gasteiger partial charge in [0.2, 0.25) is 0 Å². The summed E-state index contributed by atoms with van der Waals surface area (Å²) in [6.45, 7) is 2.01. The van der Waals surface area contributed by atoms with Gasteiger partial charge in [-0.2, -0.15) is 0 Å². The van der Waals surface area contributed by atoms with E-state index in [0.29, 0.717) is 27.0 Å². The van der Waals surface area contributed by atoms with Crippen molar-refractivity contribution in [2.45, 2.75) is 6.92 Å². The van der Waals surface area contributed by atoms with Crippen molar-refractivity contribution in [3.05, 3.63) is 58.1 Å². The highest BCUT2D eigenvalue weighted by Gasteiger charge is 2.10. The molecule has 0 saturated carbocycles. The molecule has 0 aliphatic heterocycles. The molecule has 120 valence electrons. The normalized spacial score (nSPS) is 10.0. The second-order valence-electron chi connectivity index (χ2n) is 4.50. The Morgan fingerprint density at radius 1 is 1.09 bits per heavy atom. The van der Waals surface area contributed by atoms with Crippen LogP contribution in [0.15, 0.2) is 42.5 Å². The molecule has 2 aromatic carbocycles. The third-order valence-electron chi connectivity index (χ3n) is 2.81. The van der Waals surface area contributed by atoms with Gasteiger partial charge in [-0.3, -0.25) is 0 Å². The highest BCUT2D eigenvalue weighted by atomic mass is 35.5. The minimum atomic E-state index is -0.491. The van der Waals surface area contributed by atoms with Gasteiger partial charge in [0.1, 0.15) is 0 Å². The van der Waals surface area contributed by atoms with Crippen molar-refractivity contribution in [3.63, 3.8) is 0 Å². The molecule has 2 amide bonds. The molecule has 0 spiro atoms. The molecule has 0 bridgehead atoms. The van der Waals surface area contributed by atoms with Crippen molar-refractivity contribution < 1.29 is 14.3 Å². The fraction of sp³-hybridized carbons (Fsp3) is 0.125. The Bertz CT molecular complexity index is 735. The average Bonchev–Trinajstić information content (AvgIpc) is 2.50. The molecule has 0 atom stereocenters. The van der Waals surface area contributed by atoms with Gasteiger partial charge >= 0.3 is 12.0 Å². The van der Waals surface area contributed by atoms with Crippen LogP contribution < -0.4 is 10.6 Å². The van der Waals surface area contributed by atoms with Gasteiger partial charge < -0.3 is 15.4 Å². The van der Waals surface area contributed by atoms with Crippen molar-refractivity contribution in [2.24, 2.45) is 0 Å². The first-order valence-electron chi connectivity index (χ1n) is 6.80. The summed E-state index contributed by atoms with van der Waals surface area (Å²) in [6, 6.07) is 10.7. The van der Waals surface area contributed by atoms with Gasteiger partial charge in [-0.1, -0.05) is 29.3 Å². The summed E-state index contributed by atoms with van der Waals surface area (Å²) in [5.74, 6) is -0.447. The number of ether oxygens (including phenoxy) is 1. The van der Waals surface area contributed by atoms with E-state index in [1.165, 1.54) is 12.1 Å². The smallest absolute Gasteiger partial charge is 0.338 e. The zero-order valence-corrected chi connectivity index (χ0v) is 13.7. The molecule has 0 aliphatic carbocycles. The molecule has 2 N–H and O–H groups in total. The Morgan fingerprint density at radius 3 is 2.57 bits per heavy atom. The van der Waals surface area contributed by atoms with E-state index in [0.717, 1.165) is 0 Å². The molecule has 0 unspecified atom stereocenters. The average molecular weight is 353 g/mol. The number of nitrogens with one attached hydrogen (secondary N) is 2. The number of urea groups is 1. The van der Waals surface area contributed by atoms with E-state index in [4.69, 9.17) is 27.9 Å². The fourth-order valence-electron chi connectivity index (χ4n) is 1.81. The quantitative estimate of drug-likeness (QED) is 0.775.